The number of nitro groups is 1. The number of carbonyl (C=O) groups excluding carboxylic acids is 1. The number of amides is 1. The van der Waals surface area contributed by atoms with Crippen molar-refractivity contribution in [2.24, 2.45) is 0 Å². The van der Waals surface area contributed by atoms with Crippen molar-refractivity contribution in [2.75, 3.05) is 19.0 Å². The first-order chi connectivity index (χ1) is 18.4. The quantitative estimate of drug-likeness (QED) is 0.311. The molecule has 3 aromatic rings. The molecule has 0 unspecified atom stereocenters. The summed E-state index contributed by atoms with van der Waals surface area (Å²) in [5.41, 5.74) is 2.92. The average molecular weight is 578 g/mol. The molecule has 1 amide bonds. The van der Waals surface area contributed by atoms with E-state index < -0.39 is 17.5 Å². The number of hydrogen-bond acceptors (Lipinski definition) is 6. The van der Waals surface area contributed by atoms with Crippen LogP contribution in [-0.4, -0.2) is 41.5 Å². The molecule has 9 heteroatoms. The van der Waals surface area contributed by atoms with Gasteiger partial charge in [-0.25, -0.2) is 0 Å². The highest BCUT2D eigenvalue weighted by Gasteiger charge is 2.73. The summed E-state index contributed by atoms with van der Waals surface area (Å²) >= 11 is 3.65. The van der Waals surface area contributed by atoms with E-state index in [9.17, 15) is 14.9 Å². The van der Waals surface area contributed by atoms with Gasteiger partial charge in [-0.1, -0.05) is 48.0 Å². The SMILES string of the molecule is COc1cc([C@@H]2[C@@H]3CCCN3[C@]3(C(=O)Nc4ccccc43)[C@@H]2[N+](=O)[O-])cc(Br)c1OCc1ccc(C)cc1. The molecule has 3 heterocycles. The number of nitrogens with one attached hydrogen (secondary N) is 1. The van der Waals surface area contributed by atoms with Gasteiger partial charge in [0, 0.05) is 28.8 Å². The van der Waals surface area contributed by atoms with Crippen LogP contribution in [0.4, 0.5) is 5.69 Å². The first kappa shape index (κ1) is 24.9. The molecule has 0 saturated carbocycles. The molecular weight excluding hydrogens is 550 g/mol. The smallest absolute Gasteiger partial charge is 0.256 e. The average Bonchev–Trinajstić information content (AvgIpc) is 3.57. The van der Waals surface area contributed by atoms with Gasteiger partial charge in [0.05, 0.1) is 17.5 Å². The van der Waals surface area contributed by atoms with Crippen LogP contribution >= 0.6 is 15.9 Å². The molecule has 6 rings (SSSR count). The summed E-state index contributed by atoms with van der Waals surface area (Å²) in [6, 6.07) is 17.9. The molecule has 4 atom stereocenters. The third-order valence-corrected chi connectivity index (χ3v) is 8.82. The van der Waals surface area contributed by atoms with Crippen LogP contribution in [0.15, 0.2) is 65.1 Å². The first-order valence-electron chi connectivity index (χ1n) is 12.7. The zero-order valence-corrected chi connectivity index (χ0v) is 22.7. The lowest BCUT2D eigenvalue weighted by Crippen LogP contribution is -2.55. The standard InChI is InChI=1S/C29H28BrN3O5/c1-17-9-11-18(12-10-17)16-38-26-21(30)14-19(15-24(26)37-2)25-23-8-5-13-32(23)29(27(25)33(35)36)20-6-3-4-7-22(20)31-28(29)34/h3-4,6-7,9-12,14-15,23,25,27H,5,8,13,16H2,1-2H3,(H,31,34)/t23-,25+,27+,29-/m0/s1. The van der Waals surface area contributed by atoms with Crippen LogP contribution in [0.5, 0.6) is 11.5 Å². The van der Waals surface area contributed by atoms with Gasteiger partial charge in [-0.05, 0) is 65.0 Å². The topological polar surface area (TPSA) is 93.9 Å². The van der Waals surface area contributed by atoms with E-state index in [1.54, 1.807) is 7.11 Å². The second kappa shape index (κ2) is 9.39. The summed E-state index contributed by atoms with van der Waals surface area (Å²) in [6.07, 6.45) is 1.65. The third kappa shape index (κ3) is 3.63. The molecule has 38 heavy (non-hydrogen) atoms. The number of methoxy groups -OCH3 is 1. The molecule has 3 aliphatic heterocycles. The summed E-state index contributed by atoms with van der Waals surface area (Å²) in [5.74, 6) is 0.194. The van der Waals surface area contributed by atoms with Crippen molar-refractivity contribution < 1.29 is 19.2 Å². The maximum atomic E-state index is 13.7. The Bertz CT molecular complexity index is 1430. The molecule has 0 aliphatic carbocycles. The van der Waals surface area contributed by atoms with Gasteiger partial charge < -0.3 is 14.8 Å². The van der Waals surface area contributed by atoms with Crippen LogP contribution in [0, 0.1) is 17.0 Å². The van der Waals surface area contributed by atoms with Crippen molar-refractivity contribution in [1.29, 1.82) is 0 Å². The zero-order valence-electron chi connectivity index (χ0n) is 21.1. The highest BCUT2D eigenvalue weighted by atomic mass is 79.9. The molecule has 3 aliphatic rings. The van der Waals surface area contributed by atoms with Gasteiger partial charge in [0.25, 0.3) is 11.9 Å². The van der Waals surface area contributed by atoms with Crippen LogP contribution in [-0.2, 0) is 16.9 Å². The molecule has 196 valence electrons. The number of nitrogens with zero attached hydrogens (tertiary/aromatic N) is 2. The normalized spacial score (nSPS) is 25.8. The molecule has 2 fully saturated rings. The predicted octanol–water partition coefficient (Wildman–Crippen LogP) is 5.40. The minimum absolute atomic E-state index is 0.154. The first-order valence-corrected chi connectivity index (χ1v) is 13.5. The van der Waals surface area contributed by atoms with Crippen molar-refractivity contribution in [1.82, 2.24) is 4.90 Å². The van der Waals surface area contributed by atoms with Gasteiger partial charge in [0.15, 0.2) is 17.0 Å². The predicted molar refractivity (Wildman–Crippen MR) is 146 cm³/mol. The van der Waals surface area contributed by atoms with Gasteiger partial charge in [-0.2, -0.15) is 0 Å². The van der Waals surface area contributed by atoms with Crippen molar-refractivity contribution in [3.05, 3.63) is 97.5 Å². The Labute approximate surface area is 229 Å². The Kier molecular flexibility index (Phi) is 6.15. The van der Waals surface area contributed by atoms with Gasteiger partial charge in [-0.15, -0.1) is 0 Å². The Hall–Kier alpha value is -3.43. The second-order valence-corrected chi connectivity index (χ2v) is 11.1. The van der Waals surface area contributed by atoms with Gasteiger partial charge in [0.2, 0.25) is 0 Å². The monoisotopic (exact) mass is 577 g/mol. The minimum atomic E-state index is -1.35. The summed E-state index contributed by atoms with van der Waals surface area (Å²) in [5, 5.41) is 15.8. The van der Waals surface area contributed by atoms with E-state index in [0.717, 1.165) is 24.0 Å². The Morgan fingerprint density at radius 2 is 1.95 bits per heavy atom. The fourth-order valence-corrected chi connectivity index (χ4v) is 7.26. The van der Waals surface area contributed by atoms with Crippen LogP contribution in [0.3, 0.4) is 0 Å². The number of para-hydroxylation sites is 1. The van der Waals surface area contributed by atoms with Crippen molar-refractivity contribution in [3.63, 3.8) is 0 Å². The molecule has 3 aromatic carbocycles. The van der Waals surface area contributed by atoms with Crippen LogP contribution in [0.2, 0.25) is 0 Å². The van der Waals surface area contributed by atoms with E-state index in [-0.39, 0.29) is 16.9 Å². The van der Waals surface area contributed by atoms with Crippen molar-refractivity contribution >= 4 is 27.5 Å². The molecule has 0 bridgehead atoms. The number of halogens is 1. The molecular formula is C29H28BrN3O5. The van der Waals surface area contributed by atoms with E-state index in [1.165, 1.54) is 5.56 Å². The fourth-order valence-electron chi connectivity index (χ4n) is 6.69. The molecule has 0 aromatic heterocycles. The van der Waals surface area contributed by atoms with Gasteiger partial charge in [0.1, 0.15) is 6.61 Å². The number of carbonyl (C=O) groups is 1. The largest absolute Gasteiger partial charge is 0.493 e. The number of fused-ring (bicyclic) bond motifs is 4. The maximum Gasteiger partial charge on any atom is 0.256 e. The summed E-state index contributed by atoms with van der Waals surface area (Å²) in [4.78, 5) is 28.3. The number of hydrogen-bond donors (Lipinski definition) is 1. The highest BCUT2D eigenvalue weighted by Crippen LogP contribution is 2.58. The molecule has 1 N–H and O–H groups in total. The molecule has 1 spiro atoms. The zero-order chi connectivity index (χ0) is 26.6. The van der Waals surface area contributed by atoms with E-state index in [1.807, 2.05) is 67.6 Å². The molecule has 0 radical (unpaired) electrons. The van der Waals surface area contributed by atoms with E-state index >= 15 is 0 Å². The Morgan fingerprint density at radius 1 is 1.18 bits per heavy atom. The summed E-state index contributed by atoms with van der Waals surface area (Å²) in [6.45, 7) is 3.02. The number of ether oxygens (including phenoxy) is 2. The number of aryl methyl sites for hydroxylation is 1. The fraction of sp³-hybridized carbons (Fsp3) is 0.345. The van der Waals surface area contributed by atoms with Crippen molar-refractivity contribution in [3.8, 4) is 11.5 Å². The van der Waals surface area contributed by atoms with Gasteiger partial charge >= 0.3 is 0 Å². The third-order valence-electron chi connectivity index (χ3n) is 8.23. The van der Waals surface area contributed by atoms with Crippen LogP contribution in [0.1, 0.15) is 41.0 Å². The van der Waals surface area contributed by atoms with E-state index in [4.69, 9.17) is 9.47 Å². The summed E-state index contributed by atoms with van der Waals surface area (Å²) in [7, 11) is 1.56. The maximum absolute atomic E-state index is 13.7. The second-order valence-electron chi connectivity index (χ2n) is 10.2. The lowest BCUT2D eigenvalue weighted by atomic mass is 9.77. The van der Waals surface area contributed by atoms with E-state index in [0.29, 0.717) is 40.4 Å². The van der Waals surface area contributed by atoms with Crippen LogP contribution < -0.4 is 14.8 Å². The Morgan fingerprint density at radius 3 is 2.68 bits per heavy atom. The number of rotatable bonds is 6. The number of benzene rings is 3. The lowest BCUT2D eigenvalue weighted by molar-refractivity contribution is -0.534. The minimum Gasteiger partial charge on any atom is -0.493 e. The Balaban J connectivity index is 1.42. The molecule has 8 nitrogen and oxygen atoms in total. The van der Waals surface area contributed by atoms with E-state index in [2.05, 4.69) is 26.1 Å². The van der Waals surface area contributed by atoms with Gasteiger partial charge in [-0.3, -0.25) is 19.8 Å². The lowest BCUT2D eigenvalue weighted by Gasteiger charge is -2.32. The van der Waals surface area contributed by atoms with Crippen molar-refractivity contribution in [2.45, 2.75) is 49.9 Å². The highest BCUT2D eigenvalue weighted by molar-refractivity contribution is 9.10. The summed E-state index contributed by atoms with van der Waals surface area (Å²) < 4.78 is 12.5. The molecule has 2 saturated heterocycles. The number of anilines is 1. The van der Waals surface area contributed by atoms with Crippen LogP contribution in [0.25, 0.3) is 0 Å².